The fraction of sp³-hybridized carbons (Fsp3) is 0.769. The van der Waals surface area contributed by atoms with Gasteiger partial charge in [-0.2, -0.15) is 5.10 Å². The molecule has 4 heteroatoms. The lowest BCUT2D eigenvalue weighted by molar-refractivity contribution is 0.337. The summed E-state index contributed by atoms with van der Waals surface area (Å²) in [5.41, 5.74) is 2.70. The molecule has 2 rings (SSSR count). The van der Waals surface area contributed by atoms with E-state index >= 15 is 0 Å². The van der Waals surface area contributed by atoms with E-state index in [0.717, 1.165) is 35.4 Å². The van der Waals surface area contributed by atoms with Crippen LogP contribution in [-0.4, -0.2) is 16.3 Å². The van der Waals surface area contributed by atoms with Crippen LogP contribution in [0.1, 0.15) is 37.9 Å². The predicted octanol–water partition coefficient (Wildman–Crippen LogP) is 2.91. The van der Waals surface area contributed by atoms with Crippen LogP contribution in [0.15, 0.2) is 0 Å². The van der Waals surface area contributed by atoms with Crippen LogP contribution < -0.4 is 5.32 Å². The van der Waals surface area contributed by atoms with E-state index in [1.54, 1.807) is 4.68 Å². The third-order valence-corrected chi connectivity index (χ3v) is 4.64. The molecule has 17 heavy (non-hydrogen) atoms. The lowest BCUT2D eigenvalue weighted by atomic mass is 9.92. The molecule has 0 saturated heterocycles. The number of rotatable bonds is 5. The van der Waals surface area contributed by atoms with Crippen molar-refractivity contribution in [1.29, 1.82) is 0 Å². The largest absolute Gasteiger partial charge is 0.312 e. The Labute approximate surface area is 109 Å². The van der Waals surface area contributed by atoms with Gasteiger partial charge in [-0.1, -0.05) is 25.4 Å². The molecule has 1 heterocycles. The molecule has 1 saturated carbocycles. The number of hydrogen-bond acceptors (Lipinski definition) is 2. The zero-order chi connectivity index (χ0) is 12.6. The Morgan fingerprint density at radius 2 is 2.12 bits per heavy atom. The highest BCUT2D eigenvalue weighted by Gasteiger charge is 2.44. The van der Waals surface area contributed by atoms with Gasteiger partial charge >= 0.3 is 0 Å². The van der Waals surface area contributed by atoms with E-state index in [-0.39, 0.29) is 0 Å². The Kier molecular flexibility index (Phi) is 3.50. The van der Waals surface area contributed by atoms with Crippen molar-refractivity contribution in [3.05, 3.63) is 16.4 Å². The maximum absolute atomic E-state index is 6.20. The summed E-state index contributed by atoms with van der Waals surface area (Å²) in [5.74, 6) is 0.764. The summed E-state index contributed by atoms with van der Waals surface area (Å²) >= 11 is 6.20. The van der Waals surface area contributed by atoms with E-state index in [0.29, 0.717) is 5.41 Å². The molecule has 0 unspecified atom stereocenters. The number of nitrogens with zero attached hydrogens (tertiary/aromatic N) is 2. The van der Waals surface area contributed by atoms with Crippen molar-refractivity contribution >= 4 is 11.6 Å². The van der Waals surface area contributed by atoms with Gasteiger partial charge in [0.1, 0.15) is 5.15 Å². The summed E-state index contributed by atoms with van der Waals surface area (Å²) in [5, 5.41) is 8.62. The van der Waals surface area contributed by atoms with E-state index in [1.165, 1.54) is 12.8 Å². The summed E-state index contributed by atoms with van der Waals surface area (Å²) in [4.78, 5) is 0. The summed E-state index contributed by atoms with van der Waals surface area (Å²) < 4.78 is 1.74. The van der Waals surface area contributed by atoms with Gasteiger partial charge in [0.2, 0.25) is 0 Å². The first-order chi connectivity index (χ1) is 7.96. The highest BCUT2D eigenvalue weighted by molar-refractivity contribution is 6.30. The van der Waals surface area contributed by atoms with Gasteiger partial charge in [0.25, 0.3) is 0 Å². The zero-order valence-electron chi connectivity index (χ0n) is 11.2. The molecule has 0 aromatic carbocycles. The van der Waals surface area contributed by atoms with Gasteiger partial charge in [0.05, 0.1) is 5.69 Å². The molecular formula is C13H22ClN3. The first-order valence-electron chi connectivity index (χ1n) is 6.35. The van der Waals surface area contributed by atoms with Crippen molar-refractivity contribution in [3.63, 3.8) is 0 Å². The quantitative estimate of drug-likeness (QED) is 0.877. The van der Waals surface area contributed by atoms with Crippen LogP contribution in [0, 0.1) is 18.3 Å². The summed E-state index contributed by atoms with van der Waals surface area (Å²) in [6.45, 7) is 8.56. The van der Waals surface area contributed by atoms with Crippen molar-refractivity contribution in [2.24, 2.45) is 18.4 Å². The zero-order valence-corrected chi connectivity index (χ0v) is 11.9. The molecule has 0 amide bonds. The van der Waals surface area contributed by atoms with E-state index < -0.39 is 0 Å². The molecule has 96 valence electrons. The third kappa shape index (κ3) is 2.50. The highest BCUT2D eigenvalue weighted by Crippen LogP contribution is 2.51. The second-order valence-electron chi connectivity index (χ2n) is 5.60. The van der Waals surface area contributed by atoms with Gasteiger partial charge in [-0.25, -0.2) is 0 Å². The third-order valence-electron chi connectivity index (χ3n) is 4.17. The SMILES string of the molecule is Cc1nn(C)c(Cl)c1CNCC1(C(C)C)CC1. The molecule has 0 bridgehead atoms. The van der Waals surface area contributed by atoms with Crippen LogP contribution in [0.4, 0.5) is 0 Å². The maximum atomic E-state index is 6.20. The summed E-state index contributed by atoms with van der Waals surface area (Å²) in [6.07, 6.45) is 2.72. The molecule has 1 aromatic rings. The Hall–Kier alpha value is -0.540. The average molecular weight is 256 g/mol. The van der Waals surface area contributed by atoms with Crippen LogP contribution in [0.5, 0.6) is 0 Å². The molecule has 0 aliphatic heterocycles. The average Bonchev–Trinajstić information content (AvgIpc) is 2.99. The lowest BCUT2D eigenvalue weighted by Crippen LogP contribution is -2.27. The summed E-state index contributed by atoms with van der Waals surface area (Å²) in [6, 6.07) is 0. The monoisotopic (exact) mass is 255 g/mol. The minimum atomic E-state index is 0.544. The van der Waals surface area contributed by atoms with Crippen LogP contribution in [0.3, 0.4) is 0 Å². The molecule has 3 nitrogen and oxygen atoms in total. The molecule has 1 N–H and O–H groups in total. The number of hydrogen-bond donors (Lipinski definition) is 1. The number of nitrogens with one attached hydrogen (secondary N) is 1. The second-order valence-corrected chi connectivity index (χ2v) is 5.96. The topological polar surface area (TPSA) is 29.9 Å². The van der Waals surface area contributed by atoms with Crippen LogP contribution in [-0.2, 0) is 13.6 Å². The van der Waals surface area contributed by atoms with Crippen molar-refractivity contribution in [2.75, 3.05) is 6.54 Å². The molecule has 0 radical (unpaired) electrons. The molecular weight excluding hydrogens is 234 g/mol. The fourth-order valence-electron chi connectivity index (χ4n) is 2.43. The van der Waals surface area contributed by atoms with Crippen LogP contribution in [0.25, 0.3) is 0 Å². The van der Waals surface area contributed by atoms with Gasteiger partial charge < -0.3 is 5.32 Å². The Morgan fingerprint density at radius 3 is 2.53 bits per heavy atom. The molecule has 0 spiro atoms. The van der Waals surface area contributed by atoms with Gasteiger partial charge in [-0.15, -0.1) is 0 Å². The molecule has 1 aliphatic rings. The Balaban J connectivity index is 1.91. The lowest BCUT2D eigenvalue weighted by Gasteiger charge is -2.20. The fourth-order valence-corrected chi connectivity index (χ4v) is 2.67. The molecule has 1 aliphatic carbocycles. The van der Waals surface area contributed by atoms with Gasteiger partial charge in [-0.3, -0.25) is 4.68 Å². The predicted molar refractivity (Wildman–Crippen MR) is 71.2 cm³/mol. The van der Waals surface area contributed by atoms with Crippen LogP contribution >= 0.6 is 11.6 Å². The van der Waals surface area contributed by atoms with Gasteiger partial charge in [0.15, 0.2) is 0 Å². The first-order valence-corrected chi connectivity index (χ1v) is 6.73. The van der Waals surface area contributed by atoms with Crippen LogP contribution in [0.2, 0.25) is 5.15 Å². The minimum absolute atomic E-state index is 0.544. The highest BCUT2D eigenvalue weighted by atomic mass is 35.5. The van der Waals surface area contributed by atoms with E-state index in [2.05, 4.69) is 24.3 Å². The summed E-state index contributed by atoms with van der Waals surface area (Å²) in [7, 11) is 1.88. The minimum Gasteiger partial charge on any atom is -0.312 e. The normalized spacial score (nSPS) is 17.8. The van der Waals surface area contributed by atoms with Gasteiger partial charge in [0, 0.05) is 25.7 Å². The van der Waals surface area contributed by atoms with Crippen molar-refractivity contribution in [3.8, 4) is 0 Å². The Bertz CT molecular complexity index is 405. The second kappa shape index (κ2) is 4.62. The van der Waals surface area contributed by atoms with Crippen molar-refractivity contribution < 1.29 is 0 Å². The van der Waals surface area contributed by atoms with Crippen molar-refractivity contribution in [2.45, 2.75) is 40.2 Å². The van der Waals surface area contributed by atoms with E-state index in [9.17, 15) is 0 Å². The van der Waals surface area contributed by atoms with E-state index in [1.807, 2.05) is 14.0 Å². The maximum Gasteiger partial charge on any atom is 0.131 e. The first kappa shape index (κ1) is 12.9. The number of halogens is 1. The molecule has 1 fully saturated rings. The van der Waals surface area contributed by atoms with Crippen molar-refractivity contribution in [1.82, 2.24) is 15.1 Å². The van der Waals surface area contributed by atoms with Gasteiger partial charge in [-0.05, 0) is 31.1 Å². The number of aryl methyl sites for hydroxylation is 2. The molecule has 1 aromatic heterocycles. The number of aromatic nitrogens is 2. The smallest absolute Gasteiger partial charge is 0.131 e. The molecule has 0 atom stereocenters. The Morgan fingerprint density at radius 1 is 1.47 bits per heavy atom. The standard InChI is InChI=1S/C13H22ClN3/c1-9(2)13(5-6-13)8-15-7-11-10(3)16-17(4)12(11)14/h9,15H,5-8H2,1-4H3. The van der Waals surface area contributed by atoms with E-state index in [4.69, 9.17) is 11.6 Å².